The summed E-state index contributed by atoms with van der Waals surface area (Å²) in [5, 5.41) is 0. The summed E-state index contributed by atoms with van der Waals surface area (Å²) in [7, 11) is 2.14. The first-order valence-corrected chi connectivity index (χ1v) is 5.79. The zero-order valence-corrected chi connectivity index (χ0v) is 9.84. The summed E-state index contributed by atoms with van der Waals surface area (Å²) in [5.74, 6) is 0. The Morgan fingerprint density at radius 3 is 3.06 bits per heavy atom. The summed E-state index contributed by atoms with van der Waals surface area (Å²) >= 11 is 0. The molecular weight excluding hydrogens is 214 g/mol. The fraction of sp³-hybridized carbons (Fsp3) is 0.308. The predicted octanol–water partition coefficient (Wildman–Crippen LogP) is 2.18. The molecule has 0 unspecified atom stereocenters. The molecule has 0 atom stereocenters. The molecule has 88 valence electrons. The molecule has 0 amide bonds. The van der Waals surface area contributed by atoms with Gasteiger partial charge in [0.05, 0.1) is 6.20 Å². The van der Waals surface area contributed by atoms with E-state index in [-0.39, 0.29) is 0 Å². The Labute approximate surface area is 100 Å². The molecule has 0 saturated heterocycles. The highest BCUT2D eigenvalue weighted by Gasteiger charge is 2.11. The highest BCUT2D eigenvalue weighted by Crippen LogP contribution is 2.23. The van der Waals surface area contributed by atoms with Gasteiger partial charge in [0.15, 0.2) is 0 Å². The third-order valence-corrected chi connectivity index (χ3v) is 3.12. The second kappa shape index (κ2) is 4.22. The number of likely N-dealkylation sites (N-methyl/N-ethyl adjacent to an activating group) is 1. The first-order valence-electron chi connectivity index (χ1n) is 5.79. The van der Waals surface area contributed by atoms with Crippen molar-refractivity contribution in [3.8, 4) is 6.01 Å². The van der Waals surface area contributed by atoms with E-state index in [4.69, 9.17) is 4.42 Å². The van der Waals surface area contributed by atoms with Crippen LogP contribution in [-0.2, 0) is 0 Å². The predicted molar refractivity (Wildman–Crippen MR) is 65.9 cm³/mol. The number of oxazole rings is 1. The van der Waals surface area contributed by atoms with Crippen LogP contribution in [0.5, 0.6) is 0 Å². The smallest absolute Gasteiger partial charge is 0.305 e. The Morgan fingerprint density at radius 2 is 2.35 bits per heavy atom. The first kappa shape index (κ1) is 10.4. The van der Waals surface area contributed by atoms with Gasteiger partial charge in [0, 0.05) is 25.5 Å². The van der Waals surface area contributed by atoms with Crippen LogP contribution in [0.3, 0.4) is 0 Å². The van der Waals surface area contributed by atoms with E-state index in [1.165, 1.54) is 11.1 Å². The lowest BCUT2D eigenvalue weighted by Crippen LogP contribution is -2.23. The molecule has 0 aromatic carbocycles. The van der Waals surface area contributed by atoms with Gasteiger partial charge in [0.25, 0.3) is 0 Å². The molecule has 3 heterocycles. The Hall–Kier alpha value is -1.81. The van der Waals surface area contributed by atoms with Crippen molar-refractivity contribution in [1.82, 2.24) is 14.5 Å². The van der Waals surface area contributed by atoms with Crippen molar-refractivity contribution < 1.29 is 4.42 Å². The Morgan fingerprint density at radius 1 is 1.41 bits per heavy atom. The topological polar surface area (TPSA) is 34.2 Å². The average molecular weight is 229 g/mol. The molecule has 0 saturated carbocycles. The fourth-order valence-corrected chi connectivity index (χ4v) is 2.08. The third-order valence-electron chi connectivity index (χ3n) is 3.12. The minimum absolute atomic E-state index is 0.616. The molecule has 0 spiro atoms. The quantitative estimate of drug-likeness (QED) is 0.791. The van der Waals surface area contributed by atoms with Gasteiger partial charge in [-0.15, -0.1) is 0 Å². The molecular formula is C13H15N3O. The number of rotatable bonds is 2. The highest BCUT2D eigenvalue weighted by molar-refractivity contribution is 5.66. The van der Waals surface area contributed by atoms with Gasteiger partial charge in [-0.05, 0) is 30.7 Å². The standard InChI is InChI=1S/C13H15N3O/c1-15-6-2-11(3-7-15)12-4-8-16(10-12)13-14-5-9-17-13/h2,4-5,8-10H,3,6-7H2,1H3. The van der Waals surface area contributed by atoms with Gasteiger partial charge in [-0.2, -0.15) is 0 Å². The molecule has 0 N–H and O–H groups in total. The van der Waals surface area contributed by atoms with Crippen LogP contribution in [0, 0.1) is 0 Å². The monoisotopic (exact) mass is 229 g/mol. The second-order valence-electron chi connectivity index (χ2n) is 4.36. The fourth-order valence-electron chi connectivity index (χ4n) is 2.08. The van der Waals surface area contributed by atoms with E-state index < -0.39 is 0 Å². The maximum atomic E-state index is 5.26. The van der Waals surface area contributed by atoms with Crippen LogP contribution in [0.1, 0.15) is 12.0 Å². The van der Waals surface area contributed by atoms with Crippen LogP contribution in [0.25, 0.3) is 11.6 Å². The molecule has 3 rings (SSSR count). The van der Waals surface area contributed by atoms with Crippen molar-refractivity contribution in [1.29, 1.82) is 0 Å². The number of aromatic nitrogens is 2. The van der Waals surface area contributed by atoms with Gasteiger partial charge in [0.1, 0.15) is 6.26 Å². The molecule has 0 radical (unpaired) electrons. The highest BCUT2D eigenvalue weighted by atomic mass is 16.4. The van der Waals surface area contributed by atoms with E-state index in [0.29, 0.717) is 6.01 Å². The van der Waals surface area contributed by atoms with Crippen LogP contribution in [-0.4, -0.2) is 34.6 Å². The largest absolute Gasteiger partial charge is 0.432 e. The van der Waals surface area contributed by atoms with Crippen molar-refractivity contribution in [2.75, 3.05) is 20.1 Å². The first-order chi connectivity index (χ1) is 8.33. The van der Waals surface area contributed by atoms with Crippen LogP contribution in [0.2, 0.25) is 0 Å². The number of hydrogen-bond acceptors (Lipinski definition) is 3. The van der Waals surface area contributed by atoms with E-state index in [9.17, 15) is 0 Å². The van der Waals surface area contributed by atoms with Gasteiger partial charge in [-0.3, -0.25) is 4.57 Å². The lowest BCUT2D eigenvalue weighted by Gasteiger charge is -2.21. The summed E-state index contributed by atoms with van der Waals surface area (Å²) < 4.78 is 7.17. The van der Waals surface area contributed by atoms with E-state index in [0.717, 1.165) is 19.5 Å². The van der Waals surface area contributed by atoms with Crippen molar-refractivity contribution in [3.63, 3.8) is 0 Å². The Kier molecular flexibility index (Phi) is 2.57. The van der Waals surface area contributed by atoms with Crippen LogP contribution < -0.4 is 0 Å². The molecule has 0 aliphatic carbocycles. The van der Waals surface area contributed by atoms with Gasteiger partial charge < -0.3 is 9.32 Å². The van der Waals surface area contributed by atoms with Crippen LogP contribution in [0.15, 0.2) is 41.4 Å². The average Bonchev–Trinajstić information content (AvgIpc) is 3.00. The Bertz CT molecular complexity index is 525. The lowest BCUT2D eigenvalue weighted by atomic mass is 10.0. The number of hydrogen-bond donors (Lipinski definition) is 0. The minimum Gasteiger partial charge on any atom is -0.432 e. The van der Waals surface area contributed by atoms with Crippen molar-refractivity contribution >= 4 is 5.57 Å². The Balaban J connectivity index is 1.86. The van der Waals surface area contributed by atoms with Gasteiger partial charge >= 0.3 is 6.01 Å². The van der Waals surface area contributed by atoms with Crippen molar-refractivity contribution in [3.05, 3.63) is 42.6 Å². The van der Waals surface area contributed by atoms with Crippen LogP contribution in [0.4, 0.5) is 0 Å². The second-order valence-corrected chi connectivity index (χ2v) is 4.36. The molecule has 0 fully saturated rings. The van der Waals surface area contributed by atoms with Gasteiger partial charge in [0.2, 0.25) is 0 Å². The van der Waals surface area contributed by atoms with Crippen molar-refractivity contribution in [2.45, 2.75) is 6.42 Å². The molecule has 2 aromatic heterocycles. The van der Waals surface area contributed by atoms with Gasteiger partial charge in [-0.25, -0.2) is 4.98 Å². The van der Waals surface area contributed by atoms with E-state index >= 15 is 0 Å². The molecule has 2 aromatic rings. The summed E-state index contributed by atoms with van der Waals surface area (Å²) in [6, 6.07) is 2.73. The summed E-state index contributed by atoms with van der Waals surface area (Å²) in [6.07, 6.45) is 10.7. The molecule has 1 aliphatic heterocycles. The third kappa shape index (κ3) is 2.03. The molecule has 4 heteroatoms. The van der Waals surface area contributed by atoms with E-state index in [2.05, 4.69) is 35.3 Å². The molecule has 4 nitrogen and oxygen atoms in total. The summed E-state index contributed by atoms with van der Waals surface area (Å²) in [6.45, 7) is 2.15. The molecule has 17 heavy (non-hydrogen) atoms. The zero-order chi connectivity index (χ0) is 11.7. The minimum atomic E-state index is 0.616. The zero-order valence-electron chi connectivity index (χ0n) is 9.84. The van der Waals surface area contributed by atoms with Gasteiger partial charge in [-0.1, -0.05) is 6.08 Å². The van der Waals surface area contributed by atoms with E-state index in [1.807, 2.05) is 10.8 Å². The van der Waals surface area contributed by atoms with Crippen LogP contribution >= 0.6 is 0 Å². The summed E-state index contributed by atoms with van der Waals surface area (Å²) in [5.41, 5.74) is 2.67. The van der Waals surface area contributed by atoms with E-state index in [1.54, 1.807) is 12.5 Å². The molecule has 1 aliphatic rings. The normalized spacial score (nSPS) is 17.1. The number of nitrogens with zero attached hydrogens (tertiary/aromatic N) is 3. The SMILES string of the molecule is CN1CC=C(c2ccn(-c3ncco3)c2)CC1. The molecule has 0 bridgehead atoms. The lowest BCUT2D eigenvalue weighted by molar-refractivity contribution is 0.370. The maximum Gasteiger partial charge on any atom is 0.305 e. The summed E-state index contributed by atoms with van der Waals surface area (Å²) in [4.78, 5) is 6.44. The maximum absolute atomic E-state index is 5.26. The van der Waals surface area contributed by atoms with Crippen molar-refractivity contribution in [2.24, 2.45) is 0 Å².